The van der Waals surface area contributed by atoms with Gasteiger partial charge in [-0.3, -0.25) is 0 Å². The van der Waals surface area contributed by atoms with E-state index in [0.717, 1.165) is 25.0 Å². The predicted molar refractivity (Wildman–Crippen MR) is 74.2 cm³/mol. The van der Waals surface area contributed by atoms with Crippen LogP contribution in [-0.2, 0) is 10.0 Å². The van der Waals surface area contributed by atoms with E-state index >= 15 is 0 Å². The zero-order chi connectivity index (χ0) is 14.0. The summed E-state index contributed by atoms with van der Waals surface area (Å²) < 4.78 is 53.0. The van der Waals surface area contributed by atoms with Gasteiger partial charge in [-0.2, -0.15) is 0 Å². The summed E-state index contributed by atoms with van der Waals surface area (Å²) >= 11 is 0. The van der Waals surface area contributed by atoms with Crippen molar-refractivity contribution >= 4 is 22.4 Å². The Morgan fingerprint density at radius 2 is 1.75 bits per heavy atom. The number of hydrogen-bond donors (Lipinski definition) is 2. The van der Waals surface area contributed by atoms with Gasteiger partial charge in [-0.05, 0) is 37.8 Å². The molecule has 0 aliphatic heterocycles. The third-order valence-electron chi connectivity index (χ3n) is 3.30. The van der Waals surface area contributed by atoms with Crippen LogP contribution in [0.3, 0.4) is 0 Å². The first-order valence-electron chi connectivity index (χ1n) is 6.12. The molecule has 1 aliphatic rings. The second kappa shape index (κ2) is 6.80. The summed E-state index contributed by atoms with van der Waals surface area (Å²) in [5.74, 6) is -2.52. The van der Waals surface area contributed by atoms with Crippen molar-refractivity contribution in [2.75, 3.05) is 0 Å². The van der Waals surface area contributed by atoms with E-state index in [1.807, 2.05) is 0 Å². The molecular weight excluding hydrogens is 310 g/mol. The number of halogens is 3. The predicted octanol–water partition coefficient (Wildman–Crippen LogP) is 1.93. The highest BCUT2D eigenvalue weighted by Crippen LogP contribution is 2.21. The highest BCUT2D eigenvalue weighted by molar-refractivity contribution is 7.89. The summed E-state index contributed by atoms with van der Waals surface area (Å²) in [6.07, 6.45) is 2.66. The highest BCUT2D eigenvalue weighted by atomic mass is 35.5. The molecule has 0 unspecified atom stereocenters. The van der Waals surface area contributed by atoms with Crippen LogP contribution in [0.4, 0.5) is 8.78 Å². The van der Waals surface area contributed by atoms with Crippen molar-refractivity contribution in [3.63, 3.8) is 0 Å². The van der Waals surface area contributed by atoms with Crippen molar-refractivity contribution in [3.05, 3.63) is 29.8 Å². The fourth-order valence-corrected chi connectivity index (χ4v) is 3.60. The Bertz CT molecular complexity index is 561. The van der Waals surface area contributed by atoms with Gasteiger partial charge in [-0.25, -0.2) is 21.9 Å². The standard InChI is InChI=1S/C12H16F2N2O2S.ClH/c13-10-2-1-3-11(12(10)14)19(17,18)16-9-6-4-8(15)5-7-9;/h1-3,8-9,16H,4-7,15H2;1H. The molecule has 0 radical (unpaired) electrons. The van der Waals surface area contributed by atoms with Gasteiger partial charge in [0, 0.05) is 12.1 Å². The summed E-state index contributed by atoms with van der Waals surface area (Å²) in [6.45, 7) is 0. The maximum atomic E-state index is 13.5. The fraction of sp³-hybridized carbons (Fsp3) is 0.500. The average molecular weight is 327 g/mol. The van der Waals surface area contributed by atoms with Crippen molar-refractivity contribution < 1.29 is 17.2 Å². The van der Waals surface area contributed by atoms with E-state index in [-0.39, 0.29) is 24.5 Å². The van der Waals surface area contributed by atoms with Gasteiger partial charge in [0.1, 0.15) is 4.90 Å². The average Bonchev–Trinajstić information content (AvgIpc) is 2.35. The zero-order valence-corrected chi connectivity index (χ0v) is 12.3. The Labute approximate surface area is 123 Å². The number of benzene rings is 1. The minimum Gasteiger partial charge on any atom is -0.328 e. The number of hydrogen-bond acceptors (Lipinski definition) is 3. The molecule has 0 atom stereocenters. The Kier molecular flexibility index (Phi) is 5.88. The first-order chi connectivity index (χ1) is 8.90. The minimum absolute atomic E-state index is 0. The van der Waals surface area contributed by atoms with E-state index in [0.29, 0.717) is 12.8 Å². The molecular formula is C12H17ClF2N2O2S. The third kappa shape index (κ3) is 3.88. The molecule has 0 amide bonds. The molecule has 3 N–H and O–H groups in total. The lowest BCUT2D eigenvalue weighted by molar-refractivity contribution is 0.372. The van der Waals surface area contributed by atoms with Crippen molar-refractivity contribution in [1.82, 2.24) is 4.72 Å². The Hall–Kier alpha value is -0.760. The van der Waals surface area contributed by atoms with Crippen LogP contribution in [0.2, 0.25) is 0 Å². The Balaban J connectivity index is 0.00000200. The first kappa shape index (κ1) is 17.3. The smallest absolute Gasteiger partial charge is 0.243 e. The van der Waals surface area contributed by atoms with Crippen LogP contribution in [0.5, 0.6) is 0 Å². The minimum atomic E-state index is -4.04. The molecule has 0 spiro atoms. The van der Waals surface area contributed by atoms with Crippen LogP contribution in [0.15, 0.2) is 23.1 Å². The van der Waals surface area contributed by atoms with Crippen molar-refractivity contribution in [2.45, 2.75) is 42.7 Å². The molecule has 2 rings (SSSR count). The monoisotopic (exact) mass is 326 g/mol. The Morgan fingerprint density at radius 3 is 2.35 bits per heavy atom. The molecule has 4 nitrogen and oxygen atoms in total. The van der Waals surface area contributed by atoms with Gasteiger partial charge in [-0.15, -0.1) is 12.4 Å². The molecule has 1 saturated carbocycles. The lowest BCUT2D eigenvalue weighted by Gasteiger charge is -2.26. The van der Waals surface area contributed by atoms with Gasteiger partial charge in [0.15, 0.2) is 11.6 Å². The maximum absolute atomic E-state index is 13.5. The largest absolute Gasteiger partial charge is 0.328 e. The van der Waals surface area contributed by atoms with Gasteiger partial charge in [-0.1, -0.05) is 6.07 Å². The summed E-state index contributed by atoms with van der Waals surface area (Å²) in [5, 5.41) is 0. The second-order valence-electron chi connectivity index (χ2n) is 4.78. The van der Waals surface area contributed by atoms with Gasteiger partial charge in [0.05, 0.1) is 0 Å². The fourth-order valence-electron chi connectivity index (χ4n) is 2.21. The maximum Gasteiger partial charge on any atom is 0.243 e. The quantitative estimate of drug-likeness (QED) is 0.891. The topological polar surface area (TPSA) is 72.2 Å². The molecule has 1 aliphatic carbocycles. The molecule has 0 saturated heterocycles. The van der Waals surface area contributed by atoms with Crippen LogP contribution in [0.25, 0.3) is 0 Å². The molecule has 114 valence electrons. The van der Waals surface area contributed by atoms with E-state index in [1.54, 1.807) is 0 Å². The molecule has 8 heteroatoms. The summed E-state index contributed by atoms with van der Waals surface area (Å²) in [4.78, 5) is -0.651. The van der Waals surface area contributed by atoms with E-state index in [1.165, 1.54) is 6.07 Å². The van der Waals surface area contributed by atoms with E-state index < -0.39 is 26.6 Å². The van der Waals surface area contributed by atoms with Crippen molar-refractivity contribution in [3.8, 4) is 0 Å². The molecule has 1 aromatic carbocycles. The number of nitrogens with one attached hydrogen (secondary N) is 1. The van der Waals surface area contributed by atoms with Crippen molar-refractivity contribution in [1.29, 1.82) is 0 Å². The number of sulfonamides is 1. The van der Waals surface area contributed by atoms with Gasteiger partial charge in [0.2, 0.25) is 10.0 Å². The molecule has 1 fully saturated rings. The lowest BCUT2D eigenvalue weighted by atomic mass is 9.93. The van der Waals surface area contributed by atoms with Gasteiger partial charge < -0.3 is 5.73 Å². The molecule has 20 heavy (non-hydrogen) atoms. The SMILES string of the molecule is Cl.NC1CCC(NS(=O)(=O)c2cccc(F)c2F)CC1. The number of rotatable bonds is 3. The lowest BCUT2D eigenvalue weighted by Crippen LogP contribution is -2.40. The second-order valence-corrected chi connectivity index (χ2v) is 6.47. The van der Waals surface area contributed by atoms with Crippen LogP contribution in [-0.4, -0.2) is 20.5 Å². The van der Waals surface area contributed by atoms with Crippen LogP contribution in [0, 0.1) is 11.6 Å². The number of nitrogens with two attached hydrogens (primary N) is 1. The van der Waals surface area contributed by atoms with E-state index in [2.05, 4.69) is 4.72 Å². The Morgan fingerprint density at radius 1 is 1.15 bits per heavy atom. The van der Waals surface area contributed by atoms with Crippen LogP contribution < -0.4 is 10.5 Å². The van der Waals surface area contributed by atoms with Crippen LogP contribution >= 0.6 is 12.4 Å². The highest BCUT2D eigenvalue weighted by Gasteiger charge is 2.27. The van der Waals surface area contributed by atoms with Gasteiger partial charge in [0.25, 0.3) is 0 Å². The molecule has 1 aromatic rings. The first-order valence-corrected chi connectivity index (χ1v) is 7.60. The third-order valence-corrected chi connectivity index (χ3v) is 4.84. The molecule has 0 aromatic heterocycles. The van der Waals surface area contributed by atoms with E-state index in [4.69, 9.17) is 5.73 Å². The van der Waals surface area contributed by atoms with E-state index in [9.17, 15) is 17.2 Å². The van der Waals surface area contributed by atoms with Gasteiger partial charge >= 0.3 is 0 Å². The summed E-state index contributed by atoms with van der Waals surface area (Å²) in [7, 11) is -4.04. The molecule has 0 bridgehead atoms. The van der Waals surface area contributed by atoms with Crippen molar-refractivity contribution in [2.24, 2.45) is 5.73 Å². The molecule has 0 heterocycles. The summed E-state index contributed by atoms with van der Waals surface area (Å²) in [5.41, 5.74) is 5.73. The zero-order valence-electron chi connectivity index (χ0n) is 10.7. The normalized spacial score (nSPS) is 23.1. The summed E-state index contributed by atoms with van der Waals surface area (Å²) in [6, 6.07) is 2.92. The van der Waals surface area contributed by atoms with Crippen LogP contribution in [0.1, 0.15) is 25.7 Å².